The summed E-state index contributed by atoms with van der Waals surface area (Å²) in [4.78, 5) is 13.5. The van der Waals surface area contributed by atoms with Gasteiger partial charge < -0.3 is 4.74 Å². The average Bonchev–Trinajstić information content (AvgIpc) is 2.58. The van der Waals surface area contributed by atoms with Crippen molar-refractivity contribution >= 4 is 11.8 Å². The van der Waals surface area contributed by atoms with Crippen LogP contribution in [0.3, 0.4) is 0 Å². The maximum Gasteiger partial charge on any atom is 0.415 e. The number of hydrogen-bond acceptors (Lipinski definition) is 2. The molecule has 1 aromatic carbocycles. The van der Waals surface area contributed by atoms with E-state index in [1.54, 1.807) is 4.90 Å². The van der Waals surface area contributed by atoms with Crippen molar-refractivity contribution in [3.8, 4) is 0 Å². The lowest BCUT2D eigenvalue weighted by Gasteiger charge is -2.24. The molecule has 3 nitrogen and oxygen atoms in total. The third-order valence-corrected chi connectivity index (χ3v) is 2.34. The third-order valence-electron chi connectivity index (χ3n) is 2.34. The fraction of sp³-hybridized carbons (Fsp3) is 0.385. The number of nitrogens with zero attached hydrogens (tertiary/aromatic N) is 1. The van der Waals surface area contributed by atoms with Crippen LogP contribution in [0.4, 0.5) is 10.5 Å². The van der Waals surface area contributed by atoms with Crippen LogP contribution in [0, 0.1) is 6.54 Å². The molecule has 85 valence electrons. The second-order valence-corrected chi connectivity index (χ2v) is 4.87. The van der Waals surface area contributed by atoms with E-state index in [2.05, 4.69) is 0 Å². The van der Waals surface area contributed by atoms with Crippen LogP contribution < -0.4 is 4.90 Å². The summed E-state index contributed by atoms with van der Waals surface area (Å²) in [6.45, 7) is 7.46. The second-order valence-electron chi connectivity index (χ2n) is 4.87. The summed E-state index contributed by atoms with van der Waals surface area (Å²) in [7, 11) is 0. The number of fused-ring (bicyclic) bond motifs is 1. The first-order valence-electron chi connectivity index (χ1n) is 5.41. The predicted molar refractivity (Wildman–Crippen MR) is 63.2 cm³/mol. The zero-order valence-electron chi connectivity index (χ0n) is 9.86. The van der Waals surface area contributed by atoms with Gasteiger partial charge in [0.25, 0.3) is 0 Å². The van der Waals surface area contributed by atoms with Crippen molar-refractivity contribution in [2.45, 2.75) is 32.8 Å². The van der Waals surface area contributed by atoms with Gasteiger partial charge in [0.15, 0.2) is 0 Å². The molecule has 2 rings (SSSR count). The highest BCUT2D eigenvalue weighted by Crippen LogP contribution is 2.31. The van der Waals surface area contributed by atoms with Crippen LogP contribution in [-0.4, -0.2) is 11.7 Å². The molecule has 1 aromatic rings. The Kier molecular flexibility index (Phi) is 2.62. The van der Waals surface area contributed by atoms with Crippen LogP contribution in [-0.2, 0) is 11.2 Å². The summed E-state index contributed by atoms with van der Waals surface area (Å²) in [6, 6.07) is 7.86. The quantitative estimate of drug-likeness (QED) is 0.669. The van der Waals surface area contributed by atoms with Gasteiger partial charge in [-0.25, -0.2) is 4.79 Å². The number of hydrogen-bond donors (Lipinski definition) is 0. The summed E-state index contributed by atoms with van der Waals surface area (Å²) in [5.41, 5.74) is 1.63. The van der Waals surface area contributed by atoms with Gasteiger partial charge in [0, 0.05) is 0 Å². The fourth-order valence-corrected chi connectivity index (χ4v) is 1.69. The van der Waals surface area contributed by atoms with Gasteiger partial charge in [-0.1, -0.05) is 18.2 Å². The number of benzene rings is 1. The first kappa shape index (κ1) is 11.0. The van der Waals surface area contributed by atoms with Gasteiger partial charge in [0.1, 0.15) is 5.60 Å². The minimum Gasteiger partial charge on any atom is -0.443 e. The lowest BCUT2D eigenvalue weighted by Crippen LogP contribution is -2.33. The molecule has 0 bridgehead atoms. The number of carbonyl (C=O) groups excluding carboxylic acids is 1. The van der Waals surface area contributed by atoms with E-state index in [1.807, 2.05) is 51.6 Å². The van der Waals surface area contributed by atoms with Gasteiger partial charge in [-0.2, -0.15) is 0 Å². The van der Waals surface area contributed by atoms with Crippen molar-refractivity contribution in [3.63, 3.8) is 0 Å². The van der Waals surface area contributed by atoms with E-state index in [0.29, 0.717) is 0 Å². The summed E-state index contributed by atoms with van der Waals surface area (Å²) >= 11 is 0. The third kappa shape index (κ3) is 2.18. The lowest BCUT2D eigenvalue weighted by molar-refractivity contribution is 0.0592. The number of rotatable bonds is 0. The molecule has 3 heteroatoms. The molecule has 1 heterocycles. The predicted octanol–water partition coefficient (Wildman–Crippen LogP) is 3.15. The van der Waals surface area contributed by atoms with E-state index in [0.717, 1.165) is 17.7 Å². The average molecular weight is 218 g/mol. The van der Waals surface area contributed by atoms with E-state index in [9.17, 15) is 4.79 Å². The molecular formula is C13H16NO2. The molecule has 0 spiro atoms. The zero-order chi connectivity index (χ0) is 11.8. The summed E-state index contributed by atoms with van der Waals surface area (Å²) in [5.74, 6) is 0. The highest BCUT2D eigenvalue weighted by Gasteiger charge is 2.28. The SMILES string of the molecule is CC(C)(C)OC(=O)N1[CH]Cc2ccccc21. The van der Waals surface area contributed by atoms with E-state index >= 15 is 0 Å². The van der Waals surface area contributed by atoms with Gasteiger partial charge in [0.2, 0.25) is 0 Å². The Morgan fingerprint density at radius 3 is 2.69 bits per heavy atom. The van der Waals surface area contributed by atoms with Crippen molar-refractivity contribution < 1.29 is 9.53 Å². The van der Waals surface area contributed by atoms with Crippen molar-refractivity contribution in [1.82, 2.24) is 0 Å². The largest absolute Gasteiger partial charge is 0.443 e. The van der Waals surface area contributed by atoms with Crippen LogP contribution >= 0.6 is 0 Å². The molecule has 0 aromatic heterocycles. The Balaban J connectivity index is 2.16. The first-order chi connectivity index (χ1) is 7.47. The highest BCUT2D eigenvalue weighted by molar-refractivity contribution is 5.92. The van der Waals surface area contributed by atoms with Crippen molar-refractivity contribution in [3.05, 3.63) is 36.4 Å². The van der Waals surface area contributed by atoms with E-state index in [4.69, 9.17) is 4.74 Å². The number of anilines is 1. The van der Waals surface area contributed by atoms with Crippen LogP contribution in [0.1, 0.15) is 26.3 Å². The van der Waals surface area contributed by atoms with Crippen LogP contribution in [0.5, 0.6) is 0 Å². The standard InChI is InChI=1S/C13H16NO2/c1-13(2,3)16-12(15)14-9-8-10-6-4-5-7-11(10)14/h4-7,9H,8H2,1-3H3. The van der Waals surface area contributed by atoms with Crippen LogP contribution in [0.15, 0.2) is 24.3 Å². The summed E-state index contributed by atoms with van der Waals surface area (Å²) in [5, 5.41) is 0. The molecule has 1 aliphatic rings. The lowest BCUT2D eigenvalue weighted by atomic mass is 10.2. The molecule has 0 saturated heterocycles. The zero-order valence-corrected chi connectivity index (χ0v) is 9.86. The first-order valence-corrected chi connectivity index (χ1v) is 5.41. The molecule has 1 radical (unpaired) electrons. The Bertz CT molecular complexity index is 407. The van der Waals surface area contributed by atoms with Gasteiger partial charge in [-0.3, -0.25) is 4.90 Å². The van der Waals surface area contributed by atoms with Gasteiger partial charge in [-0.05, 0) is 38.8 Å². The van der Waals surface area contributed by atoms with Gasteiger partial charge in [0.05, 0.1) is 12.2 Å². The molecule has 16 heavy (non-hydrogen) atoms. The van der Waals surface area contributed by atoms with E-state index in [-0.39, 0.29) is 6.09 Å². The molecule has 1 aliphatic heterocycles. The van der Waals surface area contributed by atoms with Gasteiger partial charge >= 0.3 is 6.09 Å². The van der Waals surface area contributed by atoms with Crippen molar-refractivity contribution in [1.29, 1.82) is 0 Å². The second kappa shape index (κ2) is 3.81. The molecule has 0 N–H and O–H groups in total. The highest BCUT2D eigenvalue weighted by atomic mass is 16.6. The number of carbonyl (C=O) groups is 1. The number of ether oxygens (including phenoxy) is 1. The smallest absolute Gasteiger partial charge is 0.415 e. The maximum absolute atomic E-state index is 11.9. The van der Waals surface area contributed by atoms with Crippen molar-refractivity contribution in [2.24, 2.45) is 0 Å². The van der Waals surface area contributed by atoms with Crippen LogP contribution in [0.2, 0.25) is 0 Å². The van der Waals surface area contributed by atoms with E-state index in [1.165, 1.54) is 0 Å². The number of para-hydroxylation sites is 1. The Morgan fingerprint density at radius 1 is 1.31 bits per heavy atom. The normalized spacial score (nSPS) is 14.8. The van der Waals surface area contributed by atoms with E-state index < -0.39 is 5.60 Å². The molecule has 0 saturated carbocycles. The number of amides is 1. The molecular weight excluding hydrogens is 202 g/mol. The molecule has 0 fully saturated rings. The molecule has 0 atom stereocenters. The molecule has 1 amide bonds. The minimum absolute atomic E-state index is 0.308. The van der Waals surface area contributed by atoms with Gasteiger partial charge in [-0.15, -0.1) is 0 Å². The molecule has 0 aliphatic carbocycles. The Labute approximate surface area is 96.0 Å². The van der Waals surface area contributed by atoms with Crippen molar-refractivity contribution in [2.75, 3.05) is 4.90 Å². The Morgan fingerprint density at radius 2 is 2.00 bits per heavy atom. The summed E-state index contributed by atoms with van der Waals surface area (Å²) < 4.78 is 5.33. The Hall–Kier alpha value is -1.51. The van der Waals surface area contributed by atoms with Crippen LogP contribution in [0.25, 0.3) is 0 Å². The monoisotopic (exact) mass is 218 g/mol. The summed E-state index contributed by atoms with van der Waals surface area (Å²) in [6.07, 6.45) is 0.479. The topological polar surface area (TPSA) is 29.5 Å². The maximum atomic E-state index is 11.9. The fourth-order valence-electron chi connectivity index (χ4n) is 1.69. The minimum atomic E-state index is -0.456. The molecule has 0 unspecified atom stereocenters.